The first-order valence-corrected chi connectivity index (χ1v) is 5.38. The van der Waals surface area contributed by atoms with Crippen molar-refractivity contribution in [3.8, 4) is 11.5 Å². The third kappa shape index (κ3) is 1.87. The summed E-state index contributed by atoms with van der Waals surface area (Å²) in [5.74, 6) is 1.70. The van der Waals surface area contributed by atoms with E-state index in [4.69, 9.17) is 9.47 Å². The molecule has 2 rings (SSSR count). The average molecular weight is 207 g/mol. The zero-order chi connectivity index (χ0) is 10.8. The zero-order valence-electron chi connectivity index (χ0n) is 9.49. The number of rotatable bonds is 3. The molecule has 3 nitrogen and oxygen atoms in total. The van der Waals surface area contributed by atoms with E-state index in [0.29, 0.717) is 12.8 Å². The third-order valence-corrected chi connectivity index (χ3v) is 2.65. The predicted molar refractivity (Wildman–Crippen MR) is 60.7 cm³/mol. The van der Waals surface area contributed by atoms with Crippen molar-refractivity contribution in [3.63, 3.8) is 0 Å². The summed E-state index contributed by atoms with van der Waals surface area (Å²) >= 11 is 0. The Labute approximate surface area is 90.6 Å². The Morgan fingerprint density at radius 3 is 2.67 bits per heavy atom. The number of hydrogen-bond acceptors (Lipinski definition) is 3. The van der Waals surface area contributed by atoms with Crippen LogP contribution in [0, 0.1) is 0 Å². The molecule has 1 heterocycles. The van der Waals surface area contributed by atoms with Gasteiger partial charge in [0, 0.05) is 24.3 Å². The van der Waals surface area contributed by atoms with Crippen molar-refractivity contribution in [3.05, 3.63) is 18.2 Å². The fourth-order valence-electron chi connectivity index (χ4n) is 1.91. The van der Waals surface area contributed by atoms with E-state index in [2.05, 4.69) is 31.7 Å². The van der Waals surface area contributed by atoms with Crippen LogP contribution in [0.2, 0.25) is 0 Å². The fraction of sp³-hybridized carbons (Fsp3) is 0.500. The second-order valence-electron chi connectivity index (χ2n) is 3.92. The van der Waals surface area contributed by atoms with Gasteiger partial charge in [-0.15, -0.1) is 0 Å². The molecule has 0 amide bonds. The summed E-state index contributed by atoms with van der Waals surface area (Å²) < 4.78 is 10.7. The van der Waals surface area contributed by atoms with E-state index in [0.717, 1.165) is 18.0 Å². The van der Waals surface area contributed by atoms with Crippen molar-refractivity contribution in [2.75, 3.05) is 18.2 Å². The summed E-state index contributed by atoms with van der Waals surface area (Å²) in [4.78, 5) is 2.32. The molecule has 0 unspecified atom stereocenters. The lowest BCUT2D eigenvalue weighted by Gasteiger charge is -2.27. The summed E-state index contributed by atoms with van der Waals surface area (Å²) in [5.41, 5.74) is 1.19. The fourth-order valence-corrected chi connectivity index (χ4v) is 1.91. The van der Waals surface area contributed by atoms with Gasteiger partial charge in [-0.1, -0.05) is 0 Å². The molecular weight excluding hydrogens is 190 g/mol. The van der Waals surface area contributed by atoms with Crippen LogP contribution in [0.15, 0.2) is 18.2 Å². The van der Waals surface area contributed by atoms with Gasteiger partial charge in [-0.2, -0.15) is 0 Å². The van der Waals surface area contributed by atoms with Crippen LogP contribution in [0.3, 0.4) is 0 Å². The highest BCUT2D eigenvalue weighted by atomic mass is 16.7. The summed E-state index contributed by atoms with van der Waals surface area (Å²) in [6.45, 7) is 7.87. The Balaban J connectivity index is 2.28. The molecule has 0 aromatic heterocycles. The van der Waals surface area contributed by atoms with Gasteiger partial charge in [0.05, 0.1) is 0 Å². The maximum Gasteiger partial charge on any atom is 0.231 e. The molecule has 0 radical (unpaired) electrons. The van der Waals surface area contributed by atoms with E-state index in [1.165, 1.54) is 5.69 Å². The van der Waals surface area contributed by atoms with Crippen LogP contribution >= 0.6 is 0 Å². The first-order chi connectivity index (χ1) is 7.22. The van der Waals surface area contributed by atoms with E-state index in [1.807, 2.05) is 12.1 Å². The second-order valence-corrected chi connectivity index (χ2v) is 3.92. The minimum Gasteiger partial charge on any atom is -0.454 e. The van der Waals surface area contributed by atoms with Crippen molar-refractivity contribution in [1.82, 2.24) is 0 Å². The highest BCUT2D eigenvalue weighted by molar-refractivity contribution is 5.57. The van der Waals surface area contributed by atoms with Gasteiger partial charge in [-0.25, -0.2) is 0 Å². The summed E-state index contributed by atoms with van der Waals surface area (Å²) in [5, 5.41) is 0. The standard InChI is InChI=1S/C12H17NO2/c1-4-13(9(2)3)10-5-6-11-12(7-10)15-8-14-11/h5-7,9H,4,8H2,1-3H3. The number of nitrogens with zero attached hydrogens (tertiary/aromatic N) is 1. The number of benzene rings is 1. The van der Waals surface area contributed by atoms with Gasteiger partial charge in [0.25, 0.3) is 0 Å². The average Bonchev–Trinajstić information content (AvgIpc) is 2.65. The van der Waals surface area contributed by atoms with Crippen molar-refractivity contribution in [2.45, 2.75) is 26.8 Å². The summed E-state index contributed by atoms with van der Waals surface area (Å²) in [7, 11) is 0. The summed E-state index contributed by atoms with van der Waals surface area (Å²) in [6, 6.07) is 6.60. The molecule has 0 saturated heterocycles. The van der Waals surface area contributed by atoms with Gasteiger partial charge in [-0.05, 0) is 32.9 Å². The molecule has 1 aliphatic heterocycles. The van der Waals surface area contributed by atoms with Crippen molar-refractivity contribution >= 4 is 5.69 Å². The topological polar surface area (TPSA) is 21.7 Å². The van der Waals surface area contributed by atoms with E-state index in [1.54, 1.807) is 0 Å². The normalized spacial score (nSPS) is 13.3. The molecule has 0 bridgehead atoms. The molecule has 0 atom stereocenters. The Kier molecular flexibility index (Phi) is 2.71. The minimum absolute atomic E-state index is 0.340. The van der Waals surface area contributed by atoms with Crippen LogP contribution in [-0.2, 0) is 0 Å². The zero-order valence-corrected chi connectivity index (χ0v) is 9.49. The number of fused-ring (bicyclic) bond motifs is 1. The monoisotopic (exact) mass is 207 g/mol. The SMILES string of the molecule is CCN(c1ccc2c(c1)OCO2)C(C)C. The Bertz CT molecular complexity index is 349. The third-order valence-electron chi connectivity index (χ3n) is 2.65. The molecule has 0 N–H and O–H groups in total. The van der Waals surface area contributed by atoms with Crippen LogP contribution in [-0.4, -0.2) is 19.4 Å². The Morgan fingerprint density at radius 1 is 1.27 bits per heavy atom. The smallest absolute Gasteiger partial charge is 0.231 e. The number of hydrogen-bond donors (Lipinski definition) is 0. The van der Waals surface area contributed by atoms with Crippen LogP contribution in [0.25, 0.3) is 0 Å². The van der Waals surface area contributed by atoms with Crippen molar-refractivity contribution in [2.24, 2.45) is 0 Å². The molecule has 3 heteroatoms. The Hall–Kier alpha value is -1.38. The van der Waals surface area contributed by atoms with Crippen molar-refractivity contribution < 1.29 is 9.47 Å². The molecule has 0 saturated carbocycles. The number of anilines is 1. The van der Waals surface area contributed by atoms with Crippen LogP contribution in [0.4, 0.5) is 5.69 Å². The molecule has 15 heavy (non-hydrogen) atoms. The maximum absolute atomic E-state index is 5.36. The quantitative estimate of drug-likeness (QED) is 0.760. The van der Waals surface area contributed by atoms with Crippen molar-refractivity contribution in [1.29, 1.82) is 0 Å². The molecular formula is C12H17NO2. The van der Waals surface area contributed by atoms with Gasteiger partial charge in [0.15, 0.2) is 11.5 Å². The molecule has 0 fully saturated rings. The number of ether oxygens (including phenoxy) is 2. The predicted octanol–water partition coefficient (Wildman–Crippen LogP) is 2.65. The van der Waals surface area contributed by atoms with Crippen LogP contribution < -0.4 is 14.4 Å². The molecule has 0 spiro atoms. The molecule has 0 aliphatic carbocycles. The second kappa shape index (κ2) is 4.01. The van der Waals surface area contributed by atoms with Crippen LogP contribution in [0.1, 0.15) is 20.8 Å². The first kappa shape index (κ1) is 10.1. The summed E-state index contributed by atoms with van der Waals surface area (Å²) in [6.07, 6.45) is 0. The van der Waals surface area contributed by atoms with E-state index >= 15 is 0 Å². The van der Waals surface area contributed by atoms with Gasteiger partial charge >= 0.3 is 0 Å². The minimum atomic E-state index is 0.340. The van der Waals surface area contributed by atoms with E-state index in [9.17, 15) is 0 Å². The lowest BCUT2D eigenvalue weighted by molar-refractivity contribution is 0.174. The van der Waals surface area contributed by atoms with Gasteiger partial charge in [0.2, 0.25) is 6.79 Å². The first-order valence-electron chi connectivity index (χ1n) is 5.38. The lowest BCUT2D eigenvalue weighted by Crippen LogP contribution is -2.30. The highest BCUT2D eigenvalue weighted by Crippen LogP contribution is 2.35. The maximum atomic E-state index is 5.36. The van der Waals surface area contributed by atoms with E-state index in [-0.39, 0.29) is 0 Å². The largest absolute Gasteiger partial charge is 0.454 e. The Morgan fingerprint density at radius 2 is 2.00 bits per heavy atom. The van der Waals surface area contributed by atoms with Gasteiger partial charge in [-0.3, -0.25) is 0 Å². The molecule has 82 valence electrons. The highest BCUT2D eigenvalue weighted by Gasteiger charge is 2.16. The molecule has 1 aromatic carbocycles. The van der Waals surface area contributed by atoms with Gasteiger partial charge in [0.1, 0.15) is 0 Å². The lowest BCUT2D eigenvalue weighted by atomic mass is 10.2. The van der Waals surface area contributed by atoms with E-state index < -0.39 is 0 Å². The van der Waals surface area contributed by atoms with Gasteiger partial charge < -0.3 is 14.4 Å². The van der Waals surface area contributed by atoms with Crippen LogP contribution in [0.5, 0.6) is 11.5 Å². The molecule has 1 aromatic rings. The molecule has 1 aliphatic rings.